The average Bonchev–Trinajstić information content (AvgIpc) is 2.99. The molecule has 8 heteroatoms. The molecule has 23 heavy (non-hydrogen) atoms. The Morgan fingerprint density at radius 3 is 2.87 bits per heavy atom. The molecule has 7 nitrogen and oxygen atoms in total. The highest BCUT2D eigenvalue weighted by atomic mass is 32.1. The summed E-state index contributed by atoms with van der Waals surface area (Å²) in [6, 6.07) is 3.37. The maximum Gasteiger partial charge on any atom is 0.338 e. The van der Waals surface area contributed by atoms with Crippen molar-refractivity contribution < 1.29 is 18.7 Å². The van der Waals surface area contributed by atoms with Gasteiger partial charge in [-0.15, -0.1) is 0 Å². The number of allylic oxidation sites excluding steroid dienone is 1. The van der Waals surface area contributed by atoms with E-state index in [4.69, 9.17) is 26.1 Å². The molecule has 1 atom stereocenters. The van der Waals surface area contributed by atoms with Gasteiger partial charge in [-0.05, 0) is 38.2 Å². The third kappa shape index (κ3) is 2.61. The molecule has 0 fully saturated rings. The van der Waals surface area contributed by atoms with Crippen LogP contribution in [-0.4, -0.2) is 22.5 Å². The maximum absolute atomic E-state index is 12.4. The molecule has 3 rings (SSSR count). The smallest absolute Gasteiger partial charge is 0.338 e. The number of carbonyl (C=O) groups excluding carboxylic acids is 1. The van der Waals surface area contributed by atoms with Gasteiger partial charge in [0.05, 0.1) is 29.9 Å². The molecule has 3 heterocycles. The summed E-state index contributed by atoms with van der Waals surface area (Å²) in [6.45, 7) is 3.54. The first-order valence-electron chi connectivity index (χ1n) is 6.98. The van der Waals surface area contributed by atoms with Gasteiger partial charge in [0.2, 0.25) is 5.88 Å². The summed E-state index contributed by atoms with van der Waals surface area (Å²) >= 11 is 4.96. The summed E-state index contributed by atoms with van der Waals surface area (Å²) in [5.41, 5.74) is 0.00645. The van der Waals surface area contributed by atoms with E-state index in [0.29, 0.717) is 11.5 Å². The van der Waals surface area contributed by atoms with Gasteiger partial charge in [-0.2, -0.15) is 0 Å². The molecule has 2 N–H and O–H groups in total. The molecule has 1 unspecified atom stereocenters. The molecule has 0 radical (unpaired) electrons. The van der Waals surface area contributed by atoms with Crippen molar-refractivity contribution in [1.29, 1.82) is 0 Å². The number of H-pyrrole nitrogens is 2. The van der Waals surface area contributed by atoms with Gasteiger partial charge >= 0.3 is 5.97 Å². The van der Waals surface area contributed by atoms with Gasteiger partial charge < -0.3 is 18.9 Å². The lowest BCUT2D eigenvalue weighted by molar-refractivity contribution is -0.139. The minimum Gasteiger partial charge on any atom is -0.468 e. The lowest BCUT2D eigenvalue weighted by Gasteiger charge is -2.26. The van der Waals surface area contributed by atoms with Crippen LogP contribution in [0.3, 0.4) is 0 Å². The third-order valence-electron chi connectivity index (χ3n) is 3.48. The van der Waals surface area contributed by atoms with Crippen molar-refractivity contribution in [2.75, 3.05) is 6.61 Å². The van der Waals surface area contributed by atoms with E-state index in [2.05, 4.69) is 9.97 Å². The number of carbonyl (C=O) groups is 1. The predicted molar refractivity (Wildman–Crippen MR) is 82.8 cm³/mol. The largest absolute Gasteiger partial charge is 0.468 e. The lowest BCUT2D eigenvalue weighted by Crippen LogP contribution is -2.29. The molecule has 0 amide bonds. The van der Waals surface area contributed by atoms with Crippen molar-refractivity contribution in [2.24, 2.45) is 0 Å². The molecule has 120 valence electrons. The average molecular weight is 334 g/mol. The second kappa shape index (κ2) is 5.88. The monoisotopic (exact) mass is 334 g/mol. The minimum atomic E-state index is -0.733. The number of rotatable bonds is 3. The van der Waals surface area contributed by atoms with E-state index >= 15 is 0 Å². The van der Waals surface area contributed by atoms with Crippen LogP contribution in [0, 0.1) is 4.77 Å². The highest BCUT2D eigenvalue weighted by Gasteiger charge is 2.38. The molecule has 0 bridgehead atoms. The Hall–Kier alpha value is -2.61. The number of furan rings is 1. The van der Waals surface area contributed by atoms with Crippen LogP contribution in [0.5, 0.6) is 5.88 Å². The van der Waals surface area contributed by atoms with Crippen molar-refractivity contribution in [1.82, 2.24) is 9.97 Å². The van der Waals surface area contributed by atoms with Crippen LogP contribution >= 0.6 is 12.2 Å². The van der Waals surface area contributed by atoms with E-state index in [-0.39, 0.29) is 28.4 Å². The van der Waals surface area contributed by atoms with Gasteiger partial charge in [0.15, 0.2) is 4.77 Å². The topological polar surface area (TPSA) is 97.3 Å². The predicted octanol–water partition coefficient (Wildman–Crippen LogP) is 2.39. The Kier molecular flexibility index (Phi) is 3.91. The highest BCUT2D eigenvalue weighted by molar-refractivity contribution is 7.71. The fraction of sp³-hybridized carbons (Fsp3) is 0.267. The Morgan fingerprint density at radius 1 is 1.43 bits per heavy atom. The second-order valence-corrected chi connectivity index (χ2v) is 5.30. The van der Waals surface area contributed by atoms with E-state index in [1.54, 1.807) is 26.0 Å². The first kappa shape index (κ1) is 15.3. The van der Waals surface area contributed by atoms with E-state index in [0.717, 1.165) is 0 Å². The summed E-state index contributed by atoms with van der Waals surface area (Å²) in [5, 5.41) is 0. The number of hydrogen-bond acceptors (Lipinski definition) is 6. The number of nitrogens with one attached hydrogen (secondary N) is 2. The van der Waals surface area contributed by atoms with Gasteiger partial charge in [-0.1, -0.05) is 0 Å². The maximum atomic E-state index is 12.4. The normalized spacial score (nSPS) is 16.7. The minimum absolute atomic E-state index is 0.138. The molecule has 0 spiro atoms. The van der Waals surface area contributed by atoms with Gasteiger partial charge in [-0.25, -0.2) is 4.79 Å². The zero-order chi connectivity index (χ0) is 16.6. The van der Waals surface area contributed by atoms with Gasteiger partial charge in [0.1, 0.15) is 11.5 Å². The Bertz CT molecular complexity index is 891. The third-order valence-corrected chi connectivity index (χ3v) is 3.68. The first-order chi connectivity index (χ1) is 11.0. The molecule has 0 aromatic carbocycles. The standard InChI is InChI=1S/C15H14N2O5S/c1-3-20-14(19)9-7(2)22-13-11(12(18)16-15(23)17-13)10(9)8-5-4-6-21-8/h4-6,10H,3H2,1-2H3,(H2,16,17,18,23). The van der Waals surface area contributed by atoms with Crippen molar-refractivity contribution in [3.8, 4) is 5.88 Å². The Balaban J connectivity index is 2.26. The fourth-order valence-corrected chi connectivity index (χ4v) is 2.77. The molecular formula is C15H14N2O5S. The van der Waals surface area contributed by atoms with Crippen LogP contribution < -0.4 is 10.3 Å². The molecule has 2 aromatic heterocycles. The number of esters is 1. The molecule has 0 aliphatic carbocycles. The van der Waals surface area contributed by atoms with Crippen LogP contribution in [0.1, 0.15) is 31.1 Å². The highest BCUT2D eigenvalue weighted by Crippen LogP contribution is 2.40. The van der Waals surface area contributed by atoms with Crippen molar-refractivity contribution in [2.45, 2.75) is 19.8 Å². The second-order valence-electron chi connectivity index (χ2n) is 4.89. The van der Waals surface area contributed by atoms with Crippen LogP contribution in [-0.2, 0) is 9.53 Å². The zero-order valence-corrected chi connectivity index (χ0v) is 13.3. The Morgan fingerprint density at radius 2 is 2.22 bits per heavy atom. The molecule has 1 aliphatic heterocycles. The van der Waals surface area contributed by atoms with Crippen LogP contribution in [0.4, 0.5) is 0 Å². The van der Waals surface area contributed by atoms with Crippen LogP contribution in [0.15, 0.2) is 38.9 Å². The number of fused-ring (bicyclic) bond motifs is 1. The van der Waals surface area contributed by atoms with Crippen molar-refractivity contribution in [3.05, 3.63) is 56.2 Å². The number of hydrogen-bond donors (Lipinski definition) is 2. The van der Waals surface area contributed by atoms with E-state index in [9.17, 15) is 9.59 Å². The summed E-state index contributed by atoms with van der Waals surface area (Å²) < 4.78 is 16.3. The van der Waals surface area contributed by atoms with Crippen molar-refractivity contribution >= 4 is 18.2 Å². The van der Waals surface area contributed by atoms with Crippen molar-refractivity contribution in [3.63, 3.8) is 0 Å². The van der Waals surface area contributed by atoms with Gasteiger partial charge in [-0.3, -0.25) is 9.78 Å². The van der Waals surface area contributed by atoms with E-state index in [1.807, 2.05) is 0 Å². The molecule has 0 saturated heterocycles. The summed E-state index contributed by atoms with van der Waals surface area (Å²) in [4.78, 5) is 30.0. The van der Waals surface area contributed by atoms with Crippen LogP contribution in [0.25, 0.3) is 0 Å². The quantitative estimate of drug-likeness (QED) is 0.661. The van der Waals surface area contributed by atoms with Crippen LogP contribution in [0.2, 0.25) is 0 Å². The zero-order valence-electron chi connectivity index (χ0n) is 12.5. The summed E-state index contributed by atoms with van der Waals surface area (Å²) in [7, 11) is 0. The molecule has 2 aromatic rings. The molecule has 1 aliphatic rings. The van der Waals surface area contributed by atoms with E-state index < -0.39 is 17.4 Å². The van der Waals surface area contributed by atoms with Gasteiger partial charge in [0.25, 0.3) is 5.56 Å². The SMILES string of the molecule is CCOC(=O)C1=C(C)Oc2[nH]c(=S)[nH]c(=O)c2C1c1ccco1. The number of aromatic amines is 2. The summed E-state index contributed by atoms with van der Waals surface area (Å²) in [5.74, 6) is -0.324. The Labute approximate surface area is 135 Å². The number of aromatic nitrogens is 2. The fourth-order valence-electron chi connectivity index (χ4n) is 2.58. The molecule has 0 saturated carbocycles. The number of ether oxygens (including phenoxy) is 2. The van der Waals surface area contributed by atoms with E-state index in [1.165, 1.54) is 6.26 Å². The molecular weight excluding hydrogens is 320 g/mol. The lowest BCUT2D eigenvalue weighted by atomic mass is 9.87. The van der Waals surface area contributed by atoms with Gasteiger partial charge in [0, 0.05) is 0 Å². The summed E-state index contributed by atoms with van der Waals surface area (Å²) in [6.07, 6.45) is 1.47. The first-order valence-corrected chi connectivity index (χ1v) is 7.39.